The minimum atomic E-state index is -2.71. The minimum Gasteiger partial charge on any atom is -0.481 e. The number of alkyl halides is 2. The molecule has 0 N–H and O–H groups in total. The van der Waals surface area contributed by atoms with Crippen LogP contribution in [0.2, 0.25) is 0 Å². The average molecular weight is 358 g/mol. The van der Waals surface area contributed by atoms with Gasteiger partial charge in [0.25, 0.3) is 6.43 Å². The Kier molecular flexibility index (Phi) is 7.33. The molecule has 5 nitrogen and oxygen atoms in total. The summed E-state index contributed by atoms with van der Waals surface area (Å²) in [5.74, 6) is -0.407. The van der Waals surface area contributed by atoms with Crippen molar-refractivity contribution in [2.75, 3.05) is 13.2 Å². The van der Waals surface area contributed by atoms with Crippen molar-refractivity contribution in [3.8, 4) is 11.5 Å². The van der Waals surface area contributed by atoms with Gasteiger partial charge in [0, 0.05) is 0 Å². The smallest absolute Gasteiger partial charge is 0.344 e. The van der Waals surface area contributed by atoms with Crippen LogP contribution in [0.25, 0.3) is 0 Å². The van der Waals surface area contributed by atoms with Crippen LogP contribution in [0, 0.1) is 19.3 Å². The van der Waals surface area contributed by atoms with Gasteiger partial charge in [-0.25, -0.2) is 13.6 Å². The van der Waals surface area contributed by atoms with Crippen LogP contribution in [0.15, 0.2) is 12.1 Å². The summed E-state index contributed by atoms with van der Waals surface area (Å²) in [5.41, 5.74) is 0.711. The molecule has 0 spiro atoms. The van der Waals surface area contributed by atoms with E-state index in [1.54, 1.807) is 39.8 Å². The van der Waals surface area contributed by atoms with Crippen molar-refractivity contribution in [1.82, 2.24) is 0 Å². The standard InChI is InChI=1S/C18H24F2O5/c1-6-18(4,5)17(22)25-13-7-11(2)16(12(3)8-13)24-10-15(21)23-9-14(19)20/h7-8,14H,6,9-10H2,1-5H3. The molecule has 0 saturated heterocycles. The SMILES string of the molecule is CCC(C)(C)C(=O)Oc1cc(C)c(OCC(=O)OCC(F)F)c(C)c1. The molecule has 0 radical (unpaired) electrons. The van der Waals surface area contributed by atoms with Crippen LogP contribution in [0.1, 0.15) is 38.3 Å². The van der Waals surface area contributed by atoms with E-state index in [9.17, 15) is 18.4 Å². The van der Waals surface area contributed by atoms with E-state index in [0.29, 0.717) is 29.0 Å². The molecule has 0 heterocycles. The second-order valence-corrected chi connectivity index (χ2v) is 6.38. The molecule has 25 heavy (non-hydrogen) atoms. The lowest BCUT2D eigenvalue weighted by atomic mass is 9.91. The minimum absolute atomic E-state index is 0.335. The molecule has 140 valence electrons. The van der Waals surface area contributed by atoms with E-state index in [-0.39, 0.29) is 5.97 Å². The zero-order chi connectivity index (χ0) is 19.2. The average Bonchev–Trinajstić information content (AvgIpc) is 2.51. The molecule has 0 saturated carbocycles. The third kappa shape index (κ3) is 6.32. The van der Waals surface area contributed by atoms with Gasteiger partial charge >= 0.3 is 11.9 Å². The summed E-state index contributed by atoms with van der Waals surface area (Å²) in [6, 6.07) is 3.24. The van der Waals surface area contributed by atoms with Crippen molar-refractivity contribution in [2.24, 2.45) is 5.41 Å². The molecule has 0 aliphatic heterocycles. The predicted molar refractivity (Wildman–Crippen MR) is 88.1 cm³/mol. The molecule has 1 aromatic rings. The fraction of sp³-hybridized carbons (Fsp3) is 0.556. The lowest BCUT2D eigenvalue weighted by Crippen LogP contribution is -2.28. The summed E-state index contributed by atoms with van der Waals surface area (Å²) in [4.78, 5) is 23.5. The molecule has 0 fully saturated rings. The fourth-order valence-corrected chi connectivity index (χ4v) is 1.92. The number of rotatable bonds is 8. The Hall–Kier alpha value is -2.18. The number of ether oxygens (including phenoxy) is 3. The van der Waals surface area contributed by atoms with Crippen molar-refractivity contribution in [1.29, 1.82) is 0 Å². The first-order valence-electron chi connectivity index (χ1n) is 7.97. The maximum Gasteiger partial charge on any atom is 0.344 e. The van der Waals surface area contributed by atoms with Gasteiger partial charge in [0.05, 0.1) is 5.41 Å². The Morgan fingerprint density at radius 1 is 1.16 bits per heavy atom. The summed E-state index contributed by atoms with van der Waals surface area (Å²) >= 11 is 0. The Morgan fingerprint density at radius 3 is 2.20 bits per heavy atom. The molecule has 0 aromatic heterocycles. The van der Waals surface area contributed by atoms with E-state index in [4.69, 9.17) is 9.47 Å². The first-order valence-corrected chi connectivity index (χ1v) is 7.97. The zero-order valence-corrected chi connectivity index (χ0v) is 15.2. The summed E-state index contributed by atoms with van der Waals surface area (Å²) < 4.78 is 39.1. The zero-order valence-electron chi connectivity index (χ0n) is 15.2. The summed E-state index contributed by atoms with van der Waals surface area (Å²) in [7, 11) is 0. The second kappa shape index (κ2) is 8.78. The van der Waals surface area contributed by atoms with Crippen LogP contribution in [0.3, 0.4) is 0 Å². The molecule has 0 atom stereocenters. The van der Waals surface area contributed by atoms with E-state index < -0.39 is 31.0 Å². The van der Waals surface area contributed by atoms with Gasteiger partial charge in [-0.05, 0) is 57.4 Å². The summed E-state index contributed by atoms with van der Waals surface area (Å²) in [6.07, 6.45) is -2.07. The first-order chi connectivity index (χ1) is 11.6. The number of halogens is 2. The van der Waals surface area contributed by atoms with Crippen molar-refractivity contribution >= 4 is 11.9 Å². The number of carbonyl (C=O) groups excluding carboxylic acids is 2. The predicted octanol–water partition coefficient (Wildman–Crippen LogP) is 3.83. The monoisotopic (exact) mass is 358 g/mol. The highest BCUT2D eigenvalue weighted by molar-refractivity contribution is 5.78. The maximum atomic E-state index is 12.1. The van der Waals surface area contributed by atoms with Gasteiger partial charge in [-0.2, -0.15) is 0 Å². The van der Waals surface area contributed by atoms with Gasteiger partial charge in [-0.15, -0.1) is 0 Å². The molecule has 0 amide bonds. The Balaban J connectivity index is 2.76. The van der Waals surface area contributed by atoms with Crippen LogP contribution >= 0.6 is 0 Å². The lowest BCUT2D eigenvalue weighted by Gasteiger charge is -2.21. The Morgan fingerprint density at radius 2 is 1.72 bits per heavy atom. The van der Waals surface area contributed by atoms with Crippen molar-refractivity contribution in [3.63, 3.8) is 0 Å². The normalized spacial score (nSPS) is 11.4. The number of benzene rings is 1. The molecule has 0 unspecified atom stereocenters. The number of hydrogen-bond acceptors (Lipinski definition) is 5. The number of aryl methyl sites for hydroxylation is 2. The van der Waals surface area contributed by atoms with Crippen LogP contribution in [-0.4, -0.2) is 31.6 Å². The molecule has 0 bridgehead atoms. The third-order valence-corrected chi connectivity index (χ3v) is 3.79. The quantitative estimate of drug-likeness (QED) is 0.522. The number of hydrogen-bond donors (Lipinski definition) is 0. The maximum absolute atomic E-state index is 12.1. The lowest BCUT2D eigenvalue weighted by molar-refractivity contribution is -0.150. The molecule has 1 aromatic carbocycles. The van der Waals surface area contributed by atoms with Crippen LogP contribution in [-0.2, 0) is 14.3 Å². The highest BCUT2D eigenvalue weighted by Crippen LogP contribution is 2.30. The summed E-state index contributed by atoms with van der Waals surface area (Å²) in [5, 5.41) is 0. The van der Waals surface area contributed by atoms with Crippen LogP contribution in [0.5, 0.6) is 11.5 Å². The highest BCUT2D eigenvalue weighted by atomic mass is 19.3. The number of esters is 2. The van der Waals surface area contributed by atoms with E-state index >= 15 is 0 Å². The van der Waals surface area contributed by atoms with Crippen molar-refractivity contribution in [2.45, 2.75) is 47.5 Å². The van der Waals surface area contributed by atoms with Crippen molar-refractivity contribution in [3.05, 3.63) is 23.3 Å². The topological polar surface area (TPSA) is 61.8 Å². The number of carbonyl (C=O) groups is 2. The van der Waals surface area contributed by atoms with Gasteiger partial charge < -0.3 is 14.2 Å². The van der Waals surface area contributed by atoms with E-state index in [2.05, 4.69) is 4.74 Å². The third-order valence-electron chi connectivity index (χ3n) is 3.79. The van der Waals surface area contributed by atoms with Gasteiger partial charge in [0.2, 0.25) is 0 Å². The molecule has 1 rings (SSSR count). The van der Waals surface area contributed by atoms with Crippen LogP contribution < -0.4 is 9.47 Å². The van der Waals surface area contributed by atoms with Crippen molar-refractivity contribution < 1.29 is 32.6 Å². The van der Waals surface area contributed by atoms with Gasteiger partial charge in [-0.3, -0.25) is 4.79 Å². The first kappa shape index (κ1) is 20.9. The highest BCUT2D eigenvalue weighted by Gasteiger charge is 2.28. The van der Waals surface area contributed by atoms with E-state index in [1.807, 2.05) is 6.92 Å². The molecule has 0 aliphatic rings. The molecule has 0 aliphatic carbocycles. The molecular formula is C18H24F2O5. The largest absolute Gasteiger partial charge is 0.481 e. The van der Waals surface area contributed by atoms with Gasteiger partial charge in [0.15, 0.2) is 13.2 Å². The molecule has 7 heteroatoms. The second-order valence-electron chi connectivity index (χ2n) is 6.38. The fourth-order valence-electron chi connectivity index (χ4n) is 1.92. The Bertz CT molecular complexity index is 603. The van der Waals surface area contributed by atoms with Gasteiger partial charge in [-0.1, -0.05) is 6.92 Å². The summed E-state index contributed by atoms with van der Waals surface area (Å²) in [6.45, 7) is 7.54. The van der Waals surface area contributed by atoms with E-state index in [0.717, 1.165) is 0 Å². The molecular weight excluding hydrogens is 334 g/mol. The van der Waals surface area contributed by atoms with E-state index in [1.165, 1.54) is 0 Å². The Labute approximate surface area is 146 Å². The van der Waals surface area contributed by atoms with Crippen LogP contribution in [0.4, 0.5) is 8.78 Å². The van der Waals surface area contributed by atoms with Gasteiger partial charge in [0.1, 0.15) is 11.5 Å².